The van der Waals surface area contributed by atoms with Crippen LogP contribution in [0.15, 0.2) is 28.7 Å². The molecule has 0 bridgehead atoms. The lowest BCUT2D eigenvalue weighted by atomic mass is 10.2. The van der Waals surface area contributed by atoms with Crippen molar-refractivity contribution in [3.8, 4) is 0 Å². The second kappa shape index (κ2) is 7.94. The molecule has 1 saturated carbocycles. The highest BCUT2D eigenvalue weighted by Gasteiger charge is 2.45. The Balaban J connectivity index is 0.00000242. The SMILES string of the molecule is CN(Cc1ccccc1Br)C(=O)CCNC(=O)C1(N)CC1.Cl. The molecule has 0 spiro atoms. The summed E-state index contributed by atoms with van der Waals surface area (Å²) in [7, 11) is 1.76. The largest absolute Gasteiger partial charge is 0.354 e. The van der Waals surface area contributed by atoms with Crippen LogP contribution in [-0.2, 0) is 16.1 Å². The molecule has 0 aromatic heterocycles. The number of carbonyl (C=O) groups excluding carboxylic acids is 2. The maximum Gasteiger partial charge on any atom is 0.240 e. The number of rotatable bonds is 6. The first-order chi connectivity index (χ1) is 9.92. The minimum absolute atomic E-state index is 0. The Morgan fingerprint density at radius 3 is 2.59 bits per heavy atom. The molecular weight excluding hydrogens is 370 g/mol. The molecule has 2 rings (SSSR count). The molecule has 2 amide bonds. The highest BCUT2D eigenvalue weighted by molar-refractivity contribution is 9.10. The molecule has 7 heteroatoms. The van der Waals surface area contributed by atoms with E-state index >= 15 is 0 Å². The number of nitrogens with one attached hydrogen (secondary N) is 1. The zero-order chi connectivity index (χ0) is 15.5. The van der Waals surface area contributed by atoms with Crippen molar-refractivity contribution in [1.29, 1.82) is 0 Å². The molecule has 1 aliphatic rings. The van der Waals surface area contributed by atoms with Gasteiger partial charge in [0.1, 0.15) is 0 Å². The highest BCUT2D eigenvalue weighted by atomic mass is 79.9. The molecule has 3 N–H and O–H groups in total. The summed E-state index contributed by atoms with van der Waals surface area (Å²) in [6.45, 7) is 0.867. The summed E-state index contributed by atoms with van der Waals surface area (Å²) >= 11 is 3.47. The summed E-state index contributed by atoms with van der Waals surface area (Å²) in [5.74, 6) is -0.156. The molecule has 1 aromatic rings. The van der Waals surface area contributed by atoms with E-state index < -0.39 is 5.54 Å². The van der Waals surface area contributed by atoms with Gasteiger partial charge in [0.15, 0.2) is 0 Å². The van der Waals surface area contributed by atoms with Crippen molar-refractivity contribution in [2.45, 2.75) is 31.3 Å². The summed E-state index contributed by atoms with van der Waals surface area (Å²) in [5.41, 5.74) is 6.15. The first-order valence-corrected chi connectivity index (χ1v) is 7.76. The highest BCUT2D eigenvalue weighted by Crippen LogP contribution is 2.31. The standard InChI is InChI=1S/C15H20BrN3O2.ClH/c1-19(10-11-4-2-3-5-12(11)16)13(20)6-9-18-14(21)15(17)7-8-15;/h2-5H,6-10,17H2,1H3,(H,18,21);1H. The quantitative estimate of drug-likeness (QED) is 0.778. The topological polar surface area (TPSA) is 75.4 Å². The second-order valence-corrected chi connectivity index (χ2v) is 6.36. The lowest BCUT2D eigenvalue weighted by molar-refractivity contribution is -0.130. The number of hydrogen-bond acceptors (Lipinski definition) is 3. The Labute approximate surface area is 145 Å². The maximum absolute atomic E-state index is 12.0. The molecule has 0 saturated heterocycles. The van der Waals surface area contributed by atoms with E-state index in [1.165, 1.54) is 0 Å². The van der Waals surface area contributed by atoms with Gasteiger partial charge in [-0.3, -0.25) is 9.59 Å². The van der Waals surface area contributed by atoms with Gasteiger partial charge < -0.3 is 16.0 Å². The maximum atomic E-state index is 12.0. The summed E-state index contributed by atoms with van der Waals surface area (Å²) in [6, 6.07) is 7.80. The van der Waals surface area contributed by atoms with Gasteiger partial charge in [-0.25, -0.2) is 0 Å². The van der Waals surface area contributed by atoms with Crippen LogP contribution in [0, 0.1) is 0 Å². The van der Waals surface area contributed by atoms with Crippen LogP contribution in [0.1, 0.15) is 24.8 Å². The van der Waals surface area contributed by atoms with Crippen LogP contribution < -0.4 is 11.1 Å². The predicted octanol–water partition coefficient (Wildman–Crippen LogP) is 1.83. The summed E-state index contributed by atoms with van der Waals surface area (Å²) < 4.78 is 0.983. The molecule has 1 fully saturated rings. The number of hydrogen-bond donors (Lipinski definition) is 2. The molecule has 122 valence electrons. The van der Waals surface area contributed by atoms with Crippen molar-refractivity contribution in [2.75, 3.05) is 13.6 Å². The van der Waals surface area contributed by atoms with Crippen LogP contribution in [0.2, 0.25) is 0 Å². The summed E-state index contributed by atoms with van der Waals surface area (Å²) in [6.07, 6.45) is 1.74. The van der Waals surface area contributed by atoms with Crippen LogP contribution >= 0.6 is 28.3 Å². The van der Waals surface area contributed by atoms with Gasteiger partial charge in [-0.2, -0.15) is 0 Å². The Hall–Kier alpha value is -1.11. The van der Waals surface area contributed by atoms with Gasteiger partial charge >= 0.3 is 0 Å². The van der Waals surface area contributed by atoms with E-state index in [4.69, 9.17) is 5.73 Å². The van der Waals surface area contributed by atoms with E-state index in [2.05, 4.69) is 21.2 Å². The van der Waals surface area contributed by atoms with Crippen molar-refractivity contribution in [2.24, 2.45) is 5.73 Å². The molecule has 5 nitrogen and oxygen atoms in total. The van der Waals surface area contributed by atoms with Crippen LogP contribution in [0.4, 0.5) is 0 Å². The first-order valence-electron chi connectivity index (χ1n) is 6.97. The van der Waals surface area contributed by atoms with Crippen molar-refractivity contribution >= 4 is 40.2 Å². The fraction of sp³-hybridized carbons (Fsp3) is 0.467. The molecule has 0 unspecified atom stereocenters. The van der Waals surface area contributed by atoms with Crippen molar-refractivity contribution < 1.29 is 9.59 Å². The van der Waals surface area contributed by atoms with E-state index in [-0.39, 0.29) is 30.6 Å². The van der Waals surface area contributed by atoms with Crippen molar-refractivity contribution in [3.05, 3.63) is 34.3 Å². The molecule has 0 atom stereocenters. The third-order valence-corrected chi connectivity index (χ3v) is 4.43. The number of benzene rings is 1. The van der Waals surface area contributed by atoms with Gasteiger partial charge in [0.2, 0.25) is 11.8 Å². The number of carbonyl (C=O) groups is 2. The van der Waals surface area contributed by atoms with Gasteiger partial charge in [-0.1, -0.05) is 34.1 Å². The fourth-order valence-corrected chi connectivity index (χ4v) is 2.39. The Kier molecular flexibility index (Phi) is 6.84. The van der Waals surface area contributed by atoms with E-state index in [9.17, 15) is 9.59 Å². The third kappa shape index (κ3) is 4.97. The van der Waals surface area contributed by atoms with Gasteiger partial charge in [0.05, 0.1) is 5.54 Å². The van der Waals surface area contributed by atoms with Gasteiger partial charge in [-0.15, -0.1) is 12.4 Å². The Morgan fingerprint density at radius 2 is 2.00 bits per heavy atom. The molecule has 0 heterocycles. The number of nitrogens with two attached hydrogens (primary N) is 1. The van der Waals surface area contributed by atoms with Gasteiger partial charge in [0.25, 0.3) is 0 Å². The summed E-state index contributed by atoms with van der Waals surface area (Å²) in [4.78, 5) is 25.3. The Bertz CT molecular complexity index is 549. The zero-order valence-corrected chi connectivity index (χ0v) is 14.9. The van der Waals surface area contributed by atoms with E-state index in [0.717, 1.165) is 22.9 Å². The average molecular weight is 391 g/mol. The van der Waals surface area contributed by atoms with E-state index in [1.807, 2.05) is 24.3 Å². The Morgan fingerprint density at radius 1 is 1.36 bits per heavy atom. The van der Waals surface area contributed by atoms with Crippen LogP contribution in [0.5, 0.6) is 0 Å². The van der Waals surface area contributed by atoms with Crippen molar-refractivity contribution in [1.82, 2.24) is 10.2 Å². The molecule has 1 aliphatic carbocycles. The van der Waals surface area contributed by atoms with E-state index in [0.29, 0.717) is 13.1 Å². The zero-order valence-electron chi connectivity index (χ0n) is 12.5. The molecular formula is C15H21BrClN3O2. The lowest BCUT2D eigenvalue weighted by Crippen LogP contribution is -2.43. The average Bonchev–Trinajstić information content (AvgIpc) is 3.20. The first kappa shape index (κ1) is 18.9. The molecule has 1 aromatic carbocycles. The number of amides is 2. The number of nitrogens with zero attached hydrogens (tertiary/aromatic N) is 1. The normalized spacial score (nSPS) is 14.7. The molecule has 0 radical (unpaired) electrons. The molecule has 0 aliphatic heterocycles. The minimum atomic E-state index is -0.677. The van der Waals surface area contributed by atoms with Crippen LogP contribution in [-0.4, -0.2) is 35.8 Å². The minimum Gasteiger partial charge on any atom is -0.354 e. The van der Waals surface area contributed by atoms with Crippen LogP contribution in [0.25, 0.3) is 0 Å². The third-order valence-electron chi connectivity index (χ3n) is 3.66. The second-order valence-electron chi connectivity index (χ2n) is 5.50. The van der Waals surface area contributed by atoms with Gasteiger partial charge in [0, 0.05) is 31.0 Å². The lowest BCUT2D eigenvalue weighted by Gasteiger charge is -2.18. The monoisotopic (exact) mass is 389 g/mol. The smallest absolute Gasteiger partial charge is 0.240 e. The van der Waals surface area contributed by atoms with Crippen LogP contribution in [0.3, 0.4) is 0 Å². The predicted molar refractivity (Wildman–Crippen MR) is 91.6 cm³/mol. The van der Waals surface area contributed by atoms with Gasteiger partial charge in [-0.05, 0) is 24.5 Å². The van der Waals surface area contributed by atoms with Crippen molar-refractivity contribution in [3.63, 3.8) is 0 Å². The fourth-order valence-electron chi connectivity index (χ4n) is 1.98. The molecule has 22 heavy (non-hydrogen) atoms. The summed E-state index contributed by atoms with van der Waals surface area (Å²) in [5, 5.41) is 2.73. The van der Waals surface area contributed by atoms with E-state index in [1.54, 1.807) is 11.9 Å². The number of halogens is 2.